The number of rotatable bonds is 4. The number of aromatic nitrogens is 1. The van der Waals surface area contributed by atoms with Crippen LogP contribution in [0.2, 0.25) is 0 Å². The van der Waals surface area contributed by atoms with Crippen molar-refractivity contribution >= 4 is 34.0 Å². The number of methoxy groups -OCH3 is 1. The van der Waals surface area contributed by atoms with Gasteiger partial charge in [0.2, 0.25) is 5.91 Å². The van der Waals surface area contributed by atoms with Gasteiger partial charge in [-0.1, -0.05) is 18.2 Å². The van der Waals surface area contributed by atoms with Crippen molar-refractivity contribution in [3.63, 3.8) is 0 Å². The van der Waals surface area contributed by atoms with Crippen molar-refractivity contribution in [2.75, 3.05) is 7.11 Å². The lowest BCUT2D eigenvalue weighted by atomic mass is 9.90. The van der Waals surface area contributed by atoms with Gasteiger partial charge in [0.15, 0.2) is 0 Å². The van der Waals surface area contributed by atoms with E-state index in [1.54, 1.807) is 30.6 Å². The molecule has 0 bridgehead atoms. The molecule has 1 amide bonds. The molecule has 0 fully saturated rings. The van der Waals surface area contributed by atoms with E-state index in [2.05, 4.69) is 4.98 Å². The average molecular weight is 351 g/mol. The van der Waals surface area contributed by atoms with Gasteiger partial charge < -0.3 is 10.5 Å². The summed E-state index contributed by atoms with van der Waals surface area (Å²) in [6, 6.07) is 9.21. The van der Waals surface area contributed by atoms with E-state index < -0.39 is 17.8 Å². The van der Waals surface area contributed by atoms with Crippen LogP contribution in [0.25, 0.3) is 10.8 Å². The van der Waals surface area contributed by atoms with Gasteiger partial charge in [-0.25, -0.2) is 4.79 Å². The lowest BCUT2D eigenvalue weighted by molar-refractivity contribution is -0.118. The number of thiophene rings is 1. The van der Waals surface area contributed by atoms with Crippen LogP contribution in [0, 0.1) is 11.3 Å². The number of nitriles is 1. The van der Waals surface area contributed by atoms with E-state index in [0.29, 0.717) is 10.4 Å². The molecule has 6 nitrogen and oxygen atoms in total. The van der Waals surface area contributed by atoms with Gasteiger partial charge in [0.25, 0.3) is 0 Å². The molecule has 0 aliphatic heterocycles. The first-order valence-corrected chi connectivity index (χ1v) is 8.18. The predicted octanol–water partition coefficient (Wildman–Crippen LogP) is 2.57. The highest BCUT2D eigenvalue weighted by Crippen LogP contribution is 2.37. The lowest BCUT2D eigenvalue weighted by Gasteiger charge is -2.16. The Kier molecular flexibility index (Phi) is 4.46. The first kappa shape index (κ1) is 16.6. The summed E-state index contributed by atoms with van der Waals surface area (Å²) in [7, 11) is 1.23. The molecule has 3 rings (SSSR count). The molecule has 3 aromatic rings. The number of esters is 1. The largest absolute Gasteiger partial charge is 0.465 e. The Morgan fingerprint density at radius 1 is 1.36 bits per heavy atom. The highest BCUT2D eigenvalue weighted by molar-refractivity contribution is 7.10. The van der Waals surface area contributed by atoms with Crippen molar-refractivity contribution in [3.8, 4) is 6.07 Å². The molecule has 124 valence electrons. The van der Waals surface area contributed by atoms with Crippen molar-refractivity contribution in [1.29, 1.82) is 5.26 Å². The quantitative estimate of drug-likeness (QED) is 0.727. The van der Waals surface area contributed by atoms with Crippen molar-refractivity contribution in [3.05, 3.63) is 63.6 Å². The van der Waals surface area contributed by atoms with Crippen LogP contribution >= 0.6 is 11.3 Å². The number of fused-ring (bicyclic) bond motifs is 1. The molecule has 2 N–H and O–H groups in total. The minimum atomic E-state index is -0.868. The molecular weight excluding hydrogens is 338 g/mol. The monoisotopic (exact) mass is 351 g/mol. The summed E-state index contributed by atoms with van der Waals surface area (Å²) in [5.41, 5.74) is 6.58. The Labute approximate surface area is 147 Å². The molecule has 0 radical (unpaired) electrons. The third kappa shape index (κ3) is 2.84. The first-order chi connectivity index (χ1) is 12.1. The molecule has 0 saturated carbocycles. The molecule has 1 unspecified atom stereocenters. The number of carbonyl (C=O) groups excluding carboxylic acids is 2. The average Bonchev–Trinajstić information content (AvgIpc) is 3.05. The maximum absolute atomic E-state index is 12.3. The maximum atomic E-state index is 12.3. The molecule has 2 aromatic heterocycles. The normalized spacial score (nSPS) is 11.7. The fraction of sp³-hybridized carbons (Fsp3) is 0.111. The Morgan fingerprint density at radius 2 is 2.16 bits per heavy atom. The van der Waals surface area contributed by atoms with Crippen LogP contribution in [0.3, 0.4) is 0 Å². The molecule has 0 aliphatic carbocycles. The molecule has 2 heterocycles. The summed E-state index contributed by atoms with van der Waals surface area (Å²) in [6.45, 7) is 0. The number of ether oxygens (including phenoxy) is 1. The van der Waals surface area contributed by atoms with Gasteiger partial charge in [0.1, 0.15) is 6.07 Å². The summed E-state index contributed by atoms with van der Waals surface area (Å²) < 4.78 is 4.79. The molecule has 1 atom stereocenters. The van der Waals surface area contributed by atoms with Crippen LogP contribution in [0.5, 0.6) is 0 Å². The molecule has 0 aliphatic rings. The zero-order valence-electron chi connectivity index (χ0n) is 13.2. The Bertz CT molecular complexity index is 1010. The van der Waals surface area contributed by atoms with Gasteiger partial charge in [-0.15, -0.1) is 11.3 Å². The molecular formula is C18H13N3O3S. The molecule has 7 heteroatoms. The topological polar surface area (TPSA) is 106 Å². The van der Waals surface area contributed by atoms with Crippen molar-refractivity contribution < 1.29 is 14.3 Å². The third-order valence-electron chi connectivity index (χ3n) is 3.90. The number of nitrogens with two attached hydrogens (primary N) is 1. The summed E-state index contributed by atoms with van der Waals surface area (Å²) in [6.07, 6.45) is 3.31. The molecule has 0 spiro atoms. The first-order valence-electron chi connectivity index (χ1n) is 7.30. The standard InChI is InChI=1S/C18H13N3O3S/c1-24-18(23)14-11(7-19)9-25-16(14)15(17(20)22)13-4-2-3-10-8-21-6-5-12(10)13/h2-6,8-9,15H,1H3,(H2,20,22). The summed E-state index contributed by atoms with van der Waals surface area (Å²) in [5.74, 6) is -2.14. The van der Waals surface area contributed by atoms with E-state index in [1.165, 1.54) is 12.5 Å². The van der Waals surface area contributed by atoms with Gasteiger partial charge in [-0.3, -0.25) is 9.78 Å². The number of hydrogen-bond donors (Lipinski definition) is 1. The minimum Gasteiger partial charge on any atom is -0.465 e. The highest BCUT2D eigenvalue weighted by atomic mass is 32.1. The Morgan fingerprint density at radius 3 is 2.84 bits per heavy atom. The number of amides is 1. The lowest BCUT2D eigenvalue weighted by Crippen LogP contribution is -2.24. The fourth-order valence-electron chi connectivity index (χ4n) is 2.80. The Balaban J connectivity index is 2.29. The van der Waals surface area contributed by atoms with Crippen LogP contribution in [-0.4, -0.2) is 24.0 Å². The van der Waals surface area contributed by atoms with E-state index in [-0.39, 0.29) is 11.1 Å². The van der Waals surface area contributed by atoms with Gasteiger partial charge >= 0.3 is 5.97 Å². The highest BCUT2D eigenvalue weighted by Gasteiger charge is 2.31. The van der Waals surface area contributed by atoms with E-state index in [1.807, 2.05) is 12.1 Å². The summed E-state index contributed by atoms with van der Waals surface area (Å²) in [4.78, 5) is 28.9. The summed E-state index contributed by atoms with van der Waals surface area (Å²) >= 11 is 1.14. The van der Waals surface area contributed by atoms with E-state index in [4.69, 9.17) is 10.5 Å². The van der Waals surface area contributed by atoms with Crippen LogP contribution in [0.1, 0.15) is 32.3 Å². The predicted molar refractivity (Wildman–Crippen MR) is 93.2 cm³/mol. The number of carbonyl (C=O) groups is 2. The molecule has 25 heavy (non-hydrogen) atoms. The zero-order valence-corrected chi connectivity index (χ0v) is 14.0. The van der Waals surface area contributed by atoms with Gasteiger partial charge in [-0.05, 0) is 17.0 Å². The van der Waals surface area contributed by atoms with Crippen molar-refractivity contribution in [2.24, 2.45) is 5.73 Å². The second-order valence-electron chi connectivity index (χ2n) is 5.27. The second-order valence-corrected chi connectivity index (χ2v) is 6.18. The minimum absolute atomic E-state index is 0.0878. The van der Waals surface area contributed by atoms with Crippen molar-refractivity contribution in [2.45, 2.75) is 5.92 Å². The number of pyridine rings is 1. The van der Waals surface area contributed by atoms with Gasteiger partial charge in [0.05, 0.1) is 24.2 Å². The number of nitrogens with zero attached hydrogens (tertiary/aromatic N) is 2. The van der Waals surface area contributed by atoms with Crippen LogP contribution in [-0.2, 0) is 9.53 Å². The second kappa shape index (κ2) is 6.71. The SMILES string of the molecule is COC(=O)c1c(C#N)csc1C(C(N)=O)c1cccc2cnccc12. The maximum Gasteiger partial charge on any atom is 0.340 e. The van der Waals surface area contributed by atoms with Crippen LogP contribution < -0.4 is 5.73 Å². The summed E-state index contributed by atoms with van der Waals surface area (Å²) in [5, 5.41) is 12.5. The number of primary amides is 1. The molecule has 1 aromatic carbocycles. The van der Waals surface area contributed by atoms with Crippen LogP contribution in [0.15, 0.2) is 42.0 Å². The van der Waals surface area contributed by atoms with Gasteiger partial charge in [0, 0.05) is 28.0 Å². The number of hydrogen-bond acceptors (Lipinski definition) is 6. The van der Waals surface area contributed by atoms with Crippen LogP contribution in [0.4, 0.5) is 0 Å². The van der Waals surface area contributed by atoms with Gasteiger partial charge in [-0.2, -0.15) is 5.26 Å². The zero-order chi connectivity index (χ0) is 18.0. The Hall–Kier alpha value is -3.24. The van der Waals surface area contributed by atoms with E-state index in [9.17, 15) is 14.9 Å². The van der Waals surface area contributed by atoms with Crippen molar-refractivity contribution in [1.82, 2.24) is 4.98 Å². The fourth-order valence-corrected chi connectivity index (χ4v) is 3.91. The van der Waals surface area contributed by atoms with E-state index in [0.717, 1.165) is 22.1 Å². The molecule has 0 saturated heterocycles. The number of benzene rings is 1. The third-order valence-corrected chi connectivity index (χ3v) is 4.95. The van der Waals surface area contributed by atoms with E-state index >= 15 is 0 Å². The smallest absolute Gasteiger partial charge is 0.340 e.